The zero-order chi connectivity index (χ0) is 22.5. The third-order valence-electron chi connectivity index (χ3n) is 4.35. The molecule has 4 N–H and O–H groups in total. The van der Waals surface area contributed by atoms with Crippen molar-refractivity contribution >= 4 is 16.0 Å². The Balaban J connectivity index is 2.36. The zero-order valence-corrected chi connectivity index (χ0v) is 18.0. The number of primary sulfonamides is 1. The lowest BCUT2D eigenvalue weighted by Gasteiger charge is -2.19. The number of nitrogens with two attached hydrogens (primary N) is 1. The van der Waals surface area contributed by atoms with Crippen LogP contribution in [0.25, 0.3) is 0 Å². The highest BCUT2D eigenvalue weighted by Gasteiger charge is 2.20. The molecule has 0 radical (unpaired) electrons. The first-order valence-electron chi connectivity index (χ1n) is 9.54. The molecule has 0 saturated carbocycles. The molecule has 0 saturated heterocycles. The first-order chi connectivity index (χ1) is 14.0. The van der Waals surface area contributed by atoms with Gasteiger partial charge in [-0.05, 0) is 30.4 Å². The quantitative estimate of drug-likeness (QED) is 0.512. The van der Waals surface area contributed by atoms with Crippen LogP contribution in [0.3, 0.4) is 0 Å². The van der Waals surface area contributed by atoms with E-state index in [0.29, 0.717) is 6.42 Å². The average Bonchev–Trinajstić information content (AvgIpc) is 2.58. The van der Waals surface area contributed by atoms with Gasteiger partial charge in [-0.1, -0.05) is 26.8 Å². The van der Waals surface area contributed by atoms with E-state index in [-0.39, 0.29) is 48.1 Å². The van der Waals surface area contributed by atoms with Crippen LogP contribution in [0, 0.1) is 17.6 Å². The van der Waals surface area contributed by atoms with Gasteiger partial charge in [0.2, 0.25) is 16.0 Å². The maximum absolute atomic E-state index is 14.1. The van der Waals surface area contributed by atoms with Crippen molar-refractivity contribution in [1.82, 2.24) is 15.0 Å². The largest absolute Gasteiger partial charge is 0.394 e. The standard InChI is InChI=1S/C19H27F2N5O3S/c1-11(2)7-13(9-27)23-19-25-16(24-17(26-19)10-30(22,28)29)8-12(3)18-14(20)5-4-6-15(18)21/h4-6,11-13,27H,7-10H2,1-3H3,(H2,22,28,29)(H,23,24,25,26)/t12-,13-/m1/s1. The minimum atomic E-state index is -3.91. The molecular formula is C19H27F2N5O3S. The number of hydrogen-bond acceptors (Lipinski definition) is 7. The smallest absolute Gasteiger partial charge is 0.226 e. The van der Waals surface area contributed by atoms with Crippen LogP contribution >= 0.6 is 0 Å². The van der Waals surface area contributed by atoms with Gasteiger partial charge >= 0.3 is 0 Å². The number of hydrogen-bond donors (Lipinski definition) is 3. The molecule has 8 nitrogen and oxygen atoms in total. The van der Waals surface area contributed by atoms with Gasteiger partial charge in [0.1, 0.15) is 23.2 Å². The Labute approximate surface area is 175 Å². The monoisotopic (exact) mass is 443 g/mol. The van der Waals surface area contributed by atoms with Gasteiger partial charge in [-0.3, -0.25) is 0 Å². The van der Waals surface area contributed by atoms with E-state index in [0.717, 1.165) is 0 Å². The molecule has 1 aromatic carbocycles. The van der Waals surface area contributed by atoms with E-state index in [2.05, 4.69) is 20.3 Å². The zero-order valence-electron chi connectivity index (χ0n) is 17.1. The van der Waals surface area contributed by atoms with Crippen molar-refractivity contribution in [2.24, 2.45) is 11.1 Å². The normalized spacial score (nSPS) is 14.0. The average molecular weight is 444 g/mol. The summed E-state index contributed by atoms with van der Waals surface area (Å²) >= 11 is 0. The van der Waals surface area contributed by atoms with Crippen LogP contribution in [-0.4, -0.2) is 41.1 Å². The molecule has 30 heavy (non-hydrogen) atoms. The van der Waals surface area contributed by atoms with Crippen molar-refractivity contribution in [3.63, 3.8) is 0 Å². The summed E-state index contributed by atoms with van der Waals surface area (Å²) in [5.41, 5.74) is -0.103. The van der Waals surface area contributed by atoms with Crippen molar-refractivity contribution < 1.29 is 22.3 Å². The van der Waals surface area contributed by atoms with Crippen molar-refractivity contribution in [2.45, 2.75) is 51.3 Å². The topological polar surface area (TPSA) is 131 Å². The third kappa shape index (κ3) is 7.22. The van der Waals surface area contributed by atoms with Crippen molar-refractivity contribution in [2.75, 3.05) is 11.9 Å². The van der Waals surface area contributed by atoms with E-state index >= 15 is 0 Å². The predicted octanol–water partition coefficient (Wildman–Crippen LogP) is 2.10. The number of nitrogens with one attached hydrogen (secondary N) is 1. The summed E-state index contributed by atoms with van der Waals surface area (Å²) in [4.78, 5) is 12.4. The fraction of sp³-hybridized carbons (Fsp3) is 0.526. The molecular weight excluding hydrogens is 416 g/mol. The van der Waals surface area contributed by atoms with Gasteiger partial charge in [0.15, 0.2) is 5.82 Å². The summed E-state index contributed by atoms with van der Waals surface area (Å²) in [6.07, 6.45) is 0.666. The highest BCUT2D eigenvalue weighted by molar-refractivity contribution is 7.88. The molecule has 11 heteroatoms. The Morgan fingerprint density at radius 3 is 2.23 bits per heavy atom. The summed E-state index contributed by atoms with van der Waals surface area (Å²) < 4.78 is 51.2. The molecule has 0 spiro atoms. The second-order valence-electron chi connectivity index (χ2n) is 7.69. The molecule has 2 atom stereocenters. The van der Waals surface area contributed by atoms with Gasteiger partial charge in [0.05, 0.1) is 12.6 Å². The number of aromatic nitrogens is 3. The third-order valence-corrected chi connectivity index (χ3v) is 5.01. The minimum Gasteiger partial charge on any atom is -0.394 e. The van der Waals surface area contributed by atoms with Crippen molar-refractivity contribution in [3.8, 4) is 0 Å². The number of halogens is 2. The molecule has 2 aromatic rings. The molecule has 0 unspecified atom stereocenters. The van der Waals surface area contributed by atoms with E-state index in [4.69, 9.17) is 5.14 Å². The van der Waals surface area contributed by atoms with Gasteiger partial charge in [0.25, 0.3) is 0 Å². The second-order valence-corrected chi connectivity index (χ2v) is 9.31. The van der Waals surface area contributed by atoms with E-state index < -0.39 is 33.3 Å². The summed E-state index contributed by atoms with van der Waals surface area (Å²) in [5.74, 6) is -2.19. The molecule has 0 aliphatic rings. The predicted molar refractivity (Wildman–Crippen MR) is 109 cm³/mol. The van der Waals surface area contributed by atoms with Crippen molar-refractivity contribution in [1.29, 1.82) is 0 Å². The lowest BCUT2D eigenvalue weighted by atomic mass is 9.96. The summed E-state index contributed by atoms with van der Waals surface area (Å²) in [6, 6.07) is 3.25. The number of aliphatic hydroxyl groups excluding tert-OH is 1. The maximum Gasteiger partial charge on any atom is 0.226 e. The summed E-state index contributed by atoms with van der Waals surface area (Å²) in [5, 5.41) is 17.7. The number of aliphatic hydroxyl groups is 1. The van der Waals surface area contributed by atoms with Gasteiger partial charge in [0, 0.05) is 12.0 Å². The number of nitrogens with zero attached hydrogens (tertiary/aromatic N) is 3. The van der Waals surface area contributed by atoms with Crippen LogP contribution in [0.1, 0.15) is 50.3 Å². The van der Waals surface area contributed by atoms with Gasteiger partial charge in [-0.2, -0.15) is 9.97 Å². The molecule has 166 valence electrons. The molecule has 1 aromatic heterocycles. The number of sulfonamides is 1. The van der Waals surface area contributed by atoms with Crippen LogP contribution in [0.15, 0.2) is 18.2 Å². The fourth-order valence-corrected chi connectivity index (χ4v) is 3.65. The van der Waals surface area contributed by atoms with Crippen LogP contribution in [0.2, 0.25) is 0 Å². The van der Waals surface area contributed by atoms with Gasteiger partial charge in [-0.15, -0.1) is 0 Å². The van der Waals surface area contributed by atoms with Crippen LogP contribution in [0.4, 0.5) is 14.7 Å². The number of rotatable bonds is 10. The molecule has 0 amide bonds. The Bertz CT molecular complexity index is 952. The van der Waals surface area contributed by atoms with E-state index in [9.17, 15) is 22.3 Å². The van der Waals surface area contributed by atoms with E-state index in [1.54, 1.807) is 6.92 Å². The Morgan fingerprint density at radius 1 is 1.10 bits per heavy atom. The first-order valence-corrected chi connectivity index (χ1v) is 11.3. The highest BCUT2D eigenvalue weighted by atomic mass is 32.2. The highest BCUT2D eigenvalue weighted by Crippen LogP contribution is 2.25. The molecule has 0 aliphatic heterocycles. The van der Waals surface area contributed by atoms with Gasteiger partial charge in [-0.25, -0.2) is 27.3 Å². The molecule has 0 bridgehead atoms. The fourth-order valence-electron chi connectivity index (χ4n) is 3.16. The Kier molecular flexibility index (Phi) is 8.16. The Hall–Kier alpha value is -2.24. The number of anilines is 1. The summed E-state index contributed by atoms with van der Waals surface area (Å²) in [7, 11) is -3.91. The van der Waals surface area contributed by atoms with E-state index in [1.165, 1.54) is 18.2 Å². The Morgan fingerprint density at radius 2 is 1.70 bits per heavy atom. The lowest BCUT2D eigenvalue weighted by molar-refractivity contribution is 0.259. The second kappa shape index (κ2) is 10.2. The summed E-state index contributed by atoms with van der Waals surface area (Å²) in [6.45, 7) is 5.41. The maximum atomic E-state index is 14.1. The minimum absolute atomic E-state index is 0.0423. The lowest BCUT2D eigenvalue weighted by Crippen LogP contribution is -2.28. The van der Waals surface area contributed by atoms with E-state index in [1.807, 2.05) is 13.8 Å². The molecule has 0 aliphatic carbocycles. The SMILES string of the molecule is CC(C)C[C@H](CO)Nc1nc(C[C@@H](C)c2c(F)cccc2F)nc(CS(N)(=O)=O)n1. The number of benzene rings is 1. The van der Waals surface area contributed by atoms with Crippen LogP contribution in [-0.2, 0) is 22.2 Å². The first kappa shape index (κ1) is 24.0. The van der Waals surface area contributed by atoms with Crippen LogP contribution in [0.5, 0.6) is 0 Å². The molecule has 0 fully saturated rings. The molecule has 2 rings (SSSR count). The van der Waals surface area contributed by atoms with Crippen molar-refractivity contribution in [3.05, 3.63) is 47.0 Å². The molecule has 1 heterocycles. The van der Waals surface area contributed by atoms with Crippen LogP contribution < -0.4 is 10.5 Å². The van der Waals surface area contributed by atoms with Gasteiger partial charge < -0.3 is 10.4 Å².